The van der Waals surface area contributed by atoms with Crippen LogP contribution in [0.2, 0.25) is 10.0 Å². The van der Waals surface area contributed by atoms with Crippen LogP contribution in [0.4, 0.5) is 0 Å². The zero-order valence-electron chi connectivity index (χ0n) is 15.7. The third kappa shape index (κ3) is 4.98. The topological polar surface area (TPSA) is 48.0 Å². The van der Waals surface area contributed by atoms with Gasteiger partial charge in [0.05, 0.1) is 27.4 Å². The lowest BCUT2D eigenvalue weighted by Crippen LogP contribution is -2.41. The van der Waals surface area contributed by atoms with Crippen molar-refractivity contribution in [3.8, 4) is 11.5 Å². The van der Waals surface area contributed by atoms with Crippen molar-refractivity contribution in [2.24, 2.45) is 0 Å². The third-order valence-electron chi connectivity index (χ3n) is 4.46. The molecule has 2 aromatic carbocycles. The van der Waals surface area contributed by atoms with Crippen LogP contribution in [0.1, 0.15) is 17.2 Å². The third-order valence-corrected chi connectivity index (χ3v) is 4.90. The van der Waals surface area contributed by atoms with Crippen molar-refractivity contribution in [2.45, 2.75) is 6.10 Å². The second kappa shape index (κ2) is 9.32. The maximum absolute atomic E-state index is 12.6. The summed E-state index contributed by atoms with van der Waals surface area (Å²) in [7, 11) is 3.16. The van der Waals surface area contributed by atoms with Crippen molar-refractivity contribution in [3.63, 3.8) is 0 Å². The number of nitrogens with zero attached hydrogens (tertiary/aromatic N) is 1. The molecule has 1 fully saturated rings. The normalized spacial score (nSPS) is 17.0. The van der Waals surface area contributed by atoms with E-state index in [1.54, 1.807) is 43.4 Å². The predicted octanol–water partition coefficient (Wildman–Crippen LogP) is 4.62. The van der Waals surface area contributed by atoms with Gasteiger partial charge in [-0.15, -0.1) is 0 Å². The first-order valence-corrected chi connectivity index (χ1v) is 9.52. The highest BCUT2D eigenvalue weighted by atomic mass is 35.5. The Balaban J connectivity index is 1.69. The molecule has 0 aromatic heterocycles. The number of hydrogen-bond acceptors (Lipinski definition) is 4. The summed E-state index contributed by atoms with van der Waals surface area (Å²) in [5, 5.41) is 1.09. The summed E-state index contributed by atoms with van der Waals surface area (Å²) in [6, 6.07) is 10.8. The molecule has 1 atom stereocenters. The van der Waals surface area contributed by atoms with E-state index in [0.29, 0.717) is 41.2 Å². The highest BCUT2D eigenvalue weighted by Crippen LogP contribution is 2.29. The molecule has 3 rings (SSSR count). The fourth-order valence-corrected chi connectivity index (χ4v) is 3.58. The largest absolute Gasteiger partial charge is 0.493 e. The van der Waals surface area contributed by atoms with Gasteiger partial charge < -0.3 is 19.1 Å². The van der Waals surface area contributed by atoms with Crippen LogP contribution >= 0.6 is 23.2 Å². The molecule has 0 spiro atoms. The molecule has 1 amide bonds. The molecule has 0 aliphatic carbocycles. The average Bonchev–Trinajstić information content (AvgIpc) is 2.71. The van der Waals surface area contributed by atoms with E-state index in [1.165, 1.54) is 0 Å². The monoisotopic (exact) mass is 421 g/mol. The van der Waals surface area contributed by atoms with E-state index in [2.05, 4.69) is 0 Å². The number of amides is 1. The van der Waals surface area contributed by atoms with Crippen LogP contribution < -0.4 is 9.47 Å². The van der Waals surface area contributed by atoms with Gasteiger partial charge in [-0.25, -0.2) is 0 Å². The van der Waals surface area contributed by atoms with Gasteiger partial charge in [0, 0.05) is 22.7 Å². The number of carbonyl (C=O) groups is 1. The number of methoxy groups -OCH3 is 2. The Hall–Kier alpha value is -2.21. The van der Waals surface area contributed by atoms with Gasteiger partial charge in [-0.3, -0.25) is 4.79 Å². The summed E-state index contributed by atoms with van der Waals surface area (Å²) < 4.78 is 16.3. The highest BCUT2D eigenvalue weighted by molar-refractivity contribution is 6.34. The van der Waals surface area contributed by atoms with Gasteiger partial charge >= 0.3 is 0 Å². The zero-order valence-corrected chi connectivity index (χ0v) is 17.2. The van der Waals surface area contributed by atoms with Crippen LogP contribution in [-0.4, -0.2) is 44.7 Å². The summed E-state index contributed by atoms with van der Waals surface area (Å²) >= 11 is 12.2. The quantitative estimate of drug-likeness (QED) is 0.660. The van der Waals surface area contributed by atoms with Crippen molar-refractivity contribution < 1.29 is 19.0 Å². The van der Waals surface area contributed by atoms with Crippen LogP contribution in [0.15, 0.2) is 42.5 Å². The lowest BCUT2D eigenvalue weighted by Gasteiger charge is -2.32. The molecule has 28 heavy (non-hydrogen) atoms. The molecule has 1 saturated heterocycles. The number of hydrogen-bond donors (Lipinski definition) is 0. The Morgan fingerprint density at radius 1 is 1.11 bits per heavy atom. The first-order valence-electron chi connectivity index (χ1n) is 8.76. The molecular weight excluding hydrogens is 401 g/mol. The van der Waals surface area contributed by atoms with Crippen LogP contribution in [0, 0.1) is 0 Å². The van der Waals surface area contributed by atoms with Gasteiger partial charge in [-0.2, -0.15) is 0 Å². The molecule has 0 radical (unpaired) electrons. The number of morpholine rings is 1. The second-order valence-corrected chi connectivity index (χ2v) is 7.17. The van der Waals surface area contributed by atoms with Gasteiger partial charge in [0.15, 0.2) is 11.5 Å². The number of halogens is 2. The van der Waals surface area contributed by atoms with Crippen molar-refractivity contribution >= 4 is 35.2 Å². The van der Waals surface area contributed by atoms with E-state index < -0.39 is 0 Å². The first-order chi connectivity index (χ1) is 13.5. The van der Waals surface area contributed by atoms with Crippen molar-refractivity contribution in [3.05, 3.63) is 63.6 Å². The summed E-state index contributed by atoms with van der Waals surface area (Å²) in [5.74, 6) is 1.17. The fourth-order valence-electron chi connectivity index (χ4n) is 3.04. The minimum absolute atomic E-state index is 0.0868. The lowest BCUT2D eigenvalue weighted by atomic mass is 10.1. The number of rotatable bonds is 5. The Morgan fingerprint density at radius 3 is 2.50 bits per heavy atom. The molecule has 1 heterocycles. The molecular formula is C21H21Cl2NO4. The smallest absolute Gasteiger partial charge is 0.246 e. The van der Waals surface area contributed by atoms with Crippen molar-refractivity contribution in [1.82, 2.24) is 4.90 Å². The van der Waals surface area contributed by atoms with E-state index in [-0.39, 0.29) is 12.0 Å². The molecule has 2 aromatic rings. The molecule has 7 heteroatoms. The average molecular weight is 422 g/mol. The molecule has 1 unspecified atom stereocenters. The second-order valence-electron chi connectivity index (χ2n) is 6.29. The molecule has 0 bridgehead atoms. The van der Waals surface area contributed by atoms with Crippen molar-refractivity contribution in [1.29, 1.82) is 0 Å². The lowest BCUT2D eigenvalue weighted by molar-refractivity contribution is -0.133. The van der Waals surface area contributed by atoms with Crippen LogP contribution in [-0.2, 0) is 9.53 Å². The van der Waals surface area contributed by atoms with Crippen LogP contribution in [0.25, 0.3) is 6.08 Å². The first kappa shape index (κ1) is 20.5. The minimum atomic E-state index is -0.261. The number of ether oxygens (including phenoxy) is 3. The fraction of sp³-hybridized carbons (Fsp3) is 0.286. The summed E-state index contributed by atoms with van der Waals surface area (Å²) in [6.45, 7) is 1.41. The maximum Gasteiger partial charge on any atom is 0.246 e. The Kier molecular flexibility index (Phi) is 6.83. The summed E-state index contributed by atoms with van der Waals surface area (Å²) in [4.78, 5) is 14.4. The Labute approximate surface area is 174 Å². The molecule has 5 nitrogen and oxygen atoms in total. The standard InChI is InChI=1S/C21H21Cl2NO4/c1-26-18-5-3-14(9-19(18)27-2)4-6-21(25)24-7-8-28-20(13-24)15-10-16(22)12-17(23)11-15/h3-6,9-12,20H,7-8,13H2,1-2H3/b6-4+. The predicted molar refractivity (Wildman–Crippen MR) is 110 cm³/mol. The molecule has 1 aliphatic heterocycles. The highest BCUT2D eigenvalue weighted by Gasteiger charge is 2.24. The van der Waals surface area contributed by atoms with Crippen LogP contribution in [0.3, 0.4) is 0 Å². The van der Waals surface area contributed by atoms with E-state index in [1.807, 2.05) is 24.3 Å². The summed E-state index contributed by atoms with van der Waals surface area (Å²) in [6.07, 6.45) is 3.04. The van der Waals surface area contributed by atoms with E-state index in [4.69, 9.17) is 37.4 Å². The zero-order chi connectivity index (χ0) is 20.1. The minimum Gasteiger partial charge on any atom is -0.493 e. The van der Waals surface area contributed by atoms with Gasteiger partial charge in [0.25, 0.3) is 0 Å². The molecule has 0 N–H and O–H groups in total. The summed E-state index contributed by atoms with van der Waals surface area (Å²) in [5.41, 5.74) is 1.70. The van der Waals surface area contributed by atoms with Gasteiger partial charge in [0.1, 0.15) is 6.10 Å². The molecule has 148 valence electrons. The Bertz CT molecular complexity index is 864. The van der Waals surface area contributed by atoms with Gasteiger partial charge in [-0.1, -0.05) is 29.3 Å². The Morgan fingerprint density at radius 2 is 1.82 bits per heavy atom. The molecule has 0 saturated carbocycles. The van der Waals surface area contributed by atoms with Crippen molar-refractivity contribution in [2.75, 3.05) is 33.9 Å². The van der Waals surface area contributed by atoms with E-state index in [0.717, 1.165) is 11.1 Å². The van der Waals surface area contributed by atoms with E-state index >= 15 is 0 Å². The number of benzene rings is 2. The van der Waals surface area contributed by atoms with Gasteiger partial charge in [0.2, 0.25) is 5.91 Å². The molecule has 1 aliphatic rings. The van der Waals surface area contributed by atoms with E-state index in [9.17, 15) is 4.79 Å². The van der Waals surface area contributed by atoms with Crippen LogP contribution in [0.5, 0.6) is 11.5 Å². The van der Waals surface area contributed by atoms with Gasteiger partial charge in [-0.05, 0) is 47.5 Å². The number of carbonyl (C=O) groups excluding carboxylic acids is 1. The SMILES string of the molecule is COc1ccc(/C=C/C(=O)N2CCOC(c3cc(Cl)cc(Cl)c3)C2)cc1OC. The maximum atomic E-state index is 12.6.